The van der Waals surface area contributed by atoms with Crippen molar-refractivity contribution in [2.75, 3.05) is 19.8 Å². The number of hydrogen-bond donors (Lipinski definition) is 1. The monoisotopic (exact) mass is 252 g/mol. The molecule has 0 aliphatic carbocycles. The first-order valence-corrected chi connectivity index (χ1v) is 6.06. The van der Waals surface area contributed by atoms with Gasteiger partial charge < -0.3 is 14.5 Å². The maximum Gasteiger partial charge on any atom is 0.197 e. The number of ether oxygens (including phenoxy) is 1. The van der Waals surface area contributed by atoms with Crippen LogP contribution >= 0.6 is 11.6 Å². The largest absolute Gasteiger partial charge is 0.439 e. The van der Waals surface area contributed by atoms with Gasteiger partial charge in [-0.05, 0) is 12.1 Å². The number of morpholine rings is 1. The summed E-state index contributed by atoms with van der Waals surface area (Å²) in [6, 6.07) is 5.86. The fourth-order valence-electron chi connectivity index (χ4n) is 2.01. The van der Waals surface area contributed by atoms with Gasteiger partial charge in [-0.15, -0.1) is 0 Å². The molecule has 2 aromatic rings. The van der Waals surface area contributed by atoms with Gasteiger partial charge in [0, 0.05) is 19.0 Å². The highest BCUT2D eigenvalue weighted by atomic mass is 35.5. The predicted molar refractivity (Wildman–Crippen MR) is 65.3 cm³/mol. The Morgan fingerprint density at radius 1 is 1.47 bits per heavy atom. The van der Waals surface area contributed by atoms with E-state index in [0.29, 0.717) is 23.1 Å². The molecule has 4 nitrogen and oxygen atoms in total. The average molecular weight is 253 g/mol. The van der Waals surface area contributed by atoms with Crippen LogP contribution in [0.3, 0.4) is 0 Å². The Bertz CT molecular complexity index is 520. The Kier molecular flexibility index (Phi) is 3.01. The molecule has 0 amide bonds. The van der Waals surface area contributed by atoms with E-state index in [1.54, 1.807) is 6.07 Å². The third-order valence-corrected chi connectivity index (χ3v) is 3.13. The van der Waals surface area contributed by atoms with Crippen molar-refractivity contribution in [1.29, 1.82) is 0 Å². The van der Waals surface area contributed by atoms with Gasteiger partial charge in [-0.25, -0.2) is 4.98 Å². The number of hydrogen-bond acceptors (Lipinski definition) is 4. The summed E-state index contributed by atoms with van der Waals surface area (Å²) in [4.78, 5) is 4.42. The lowest BCUT2D eigenvalue weighted by molar-refractivity contribution is 0.0751. The molecule has 1 aliphatic heterocycles. The Morgan fingerprint density at radius 2 is 2.41 bits per heavy atom. The zero-order valence-corrected chi connectivity index (χ0v) is 10.0. The van der Waals surface area contributed by atoms with E-state index in [1.807, 2.05) is 12.1 Å². The Balaban J connectivity index is 1.83. The van der Waals surface area contributed by atoms with E-state index in [2.05, 4.69) is 10.3 Å². The molecule has 2 heterocycles. The van der Waals surface area contributed by atoms with Crippen LogP contribution in [-0.4, -0.2) is 30.8 Å². The molecule has 1 aromatic heterocycles. The van der Waals surface area contributed by atoms with Gasteiger partial charge in [0.1, 0.15) is 5.52 Å². The van der Waals surface area contributed by atoms with Crippen molar-refractivity contribution in [3.05, 3.63) is 29.1 Å². The number of fused-ring (bicyclic) bond motifs is 1. The molecule has 1 N–H and O–H groups in total. The number of nitrogens with one attached hydrogen (secondary N) is 1. The van der Waals surface area contributed by atoms with Crippen LogP contribution in [0.4, 0.5) is 0 Å². The van der Waals surface area contributed by atoms with E-state index in [9.17, 15) is 0 Å². The first-order valence-electron chi connectivity index (χ1n) is 5.68. The lowest BCUT2D eigenvalue weighted by Gasteiger charge is -2.22. The van der Waals surface area contributed by atoms with Gasteiger partial charge in [0.15, 0.2) is 11.5 Å². The van der Waals surface area contributed by atoms with Gasteiger partial charge in [-0.2, -0.15) is 0 Å². The van der Waals surface area contributed by atoms with Crippen LogP contribution in [0.5, 0.6) is 0 Å². The molecule has 3 rings (SSSR count). The predicted octanol–water partition coefficient (Wildman–Crippen LogP) is 2.01. The number of oxazole rings is 1. The van der Waals surface area contributed by atoms with Crippen molar-refractivity contribution in [2.45, 2.75) is 12.5 Å². The van der Waals surface area contributed by atoms with Gasteiger partial charge >= 0.3 is 0 Å². The number of nitrogens with zero attached hydrogens (tertiary/aromatic N) is 1. The summed E-state index contributed by atoms with van der Waals surface area (Å²) in [5, 5.41) is 3.97. The van der Waals surface area contributed by atoms with E-state index in [-0.39, 0.29) is 6.04 Å². The quantitative estimate of drug-likeness (QED) is 0.888. The zero-order chi connectivity index (χ0) is 11.7. The lowest BCUT2D eigenvalue weighted by atomic mass is 10.2. The molecule has 0 saturated carbocycles. The van der Waals surface area contributed by atoms with Crippen LogP contribution in [-0.2, 0) is 11.2 Å². The van der Waals surface area contributed by atoms with Crippen molar-refractivity contribution in [1.82, 2.24) is 10.3 Å². The van der Waals surface area contributed by atoms with Crippen molar-refractivity contribution >= 4 is 22.7 Å². The second-order valence-electron chi connectivity index (χ2n) is 4.13. The summed E-state index contributed by atoms with van der Waals surface area (Å²) < 4.78 is 11.1. The van der Waals surface area contributed by atoms with Crippen LogP contribution in [0.2, 0.25) is 5.02 Å². The molecule has 1 atom stereocenters. The Labute approximate surface area is 104 Å². The first kappa shape index (κ1) is 11.0. The lowest BCUT2D eigenvalue weighted by Crippen LogP contribution is -2.42. The van der Waals surface area contributed by atoms with E-state index >= 15 is 0 Å². The molecule has 5 heteroatoms. The van der Waals surface area contributed by atoms with Gasteiger partial charge in [0.05, 0.1) is 18.2 Å². The second kappa shape index (κ2) is 4.64. The van der Waals surface area contributed by atoms with Crippen LogP contribution in [0.25, 0.3) is 11.1 Å². The molecule has 17 heavy (non-hydrogen) atoms. The van der Waals surface area contributed by atoms with Gasteiger partial charge in [-0.3, -0.25) is 0 Å². The first-order chi connectivity index (χ1) is 8.33. The molecule has 0 spiro atoms. The maximum absolute atomic E-state index is 6.04. The smallest absolute Gasteiger partial charge is 0.197 e. The van der Waals surface area contributed by atoms with Gasteiger partial charge in [-0.1, -0.05) is 17.7 Å². The Morgan fingerprint density at radius 3 is 3.18 bits per heavy atom. The Hall–Kier alpha value is -1.10. The summed E-state index contributed by atoms with van der Waals surface area (Å²) in [7, 11) is 0. The minimum absolute atomic E-state index is 0.274. The van der Waals surface area contributed by atoms with Crippen LogP contribution in [0.1, 0.15) is 5.89 Å². The standard InChI is InChI=1S/C12H13ClN2O2/c13-9-2-1-3-10-12(9)17-11(15-10)6-8-7-16-5-4-14-8/h1-3,8,14H,4-7H2. The van der Waals surface area contributed by atoms with Gasteiger partial charge in [0.25, 0.3) is 0 Å². The maximum atomic E-state index is 6.04. The van der Waals surface area contributed by atoms with E-state index in [4.69, 9.17) is 20.8 Å². The van der Waals surface area contributed by atoms with Crippen LogP contribution in [0.15, 0.2) is 22.6 Å². The van der Waals surface area contributed by atoms with E-state index in [1.165, 1.54) is 0 Å². The highest BCUT2D eigenvalue weighted by Crippen LogP contribution is 2.24. The normalized spacial score (nSPS) is 20.9. The van der Waals surface area contributed by atoms with E-state index in [0.717, 1.165) is 25.1 Å². The van der Waals surface area contributed by atoms with Crippen LogP contribution < -0.4 is 5.32 Å². The van der Waals surface area contributed by atoms with E-state index < -0.39 is 0 Å². The van der Waals surface area contributed by atoms with Crippen molar-refractivity contribution < 1.29 is 9.15 Å². The molecule has 0 radical (unpaired) electrons. The fraction of sp³-hybridized carbons (Fsp3) is 0.417. The topological polar surface area (TPSA) is 47.3 Å². The van der Waals surface area contributed by atoms with Gasteiger partial charge in [0.2, 0.25) is 0 Å². The molecule has 1 aromatic carbocycles. The summed E-state index contributed by atoms with van der Waals surface area (Å²) >= 11 is 6.04. The number of para-hydroxylation sites is 1. The third-order valence-electron chi connectivity index (χ3n) is 2.83. The zero-order valence-electron chi connectivity index (χ0n) is 9.28. The molecular formula is C12H13ClN2O2. The fourth-order valence-corrected chi connectivity index (χ4v) is 2.22. The van der Waals surface area contributed by atoms with Crippen molar-refractivity contribution in [2.24, 2.45) is 0 Å². The van der Waals surface area contributed by atoms with Crippen LogP contribution in [0, 0.1) is 0 Å². The third kappa shape index (κ3) is 2.29. The number of rotatable bonds is 2. The SMILES string of the molecule is Clc1cccc2nc(CC3COCCN3)oc12. The summed E-state index contributed by atoms with van der Waals surface area (Å²) in [6.07, 6.45) is 0.727. The average Bonchev–Trinajstić information content (AvgIpc) is 2.74. The summed E-state index contributed by atoms with van der Waals surface area (Å²) in [5.41, 5.74) is 1.48. The molecule has 1 unspecified atom stereocenters. The second-order valence-corrected chi connectivity index (χ2v) is 4.53. The number of aromatic nitrogens is 1. The molecule has 1 aliphatic rings. The molecule has 0 bridgehead atoms. The number of halogens is 1. The minimum Gasteiger partial charge on any atom is -0.439 e. The highest BCUT2D eigenvalue weighted by Gasteiger charge is 2.17. The minimum atomic E-state index is 0.274. The molecular weight excluding hydrogens is 240 g/mol. The highest BCUT2D eigenvalue weighted by molar-refractivity contribution is 6.34. The number of benzene rings is 1. The molecule has 1 fully saturated rings. The summed E-state index contributed by atoms with van der Waals surface area (Å²) in [6.45, 7) is 2.36. The van der Waals surface area contributed by atoms with Crippen molar-refractivity contribution in [3.63, 3.8) is 0 Å². The molecule has 90 valence electrons. The summed E-state index contributed by atoms with van der Waals surface area (Å²) in [5.74, 6) is 0.705. The van der Waals surface area contributed by atoms with Crippen molar-refractivity contribution in [3.8, 4) is 0 Å². The molecule has 1 saturated heterocycles.